The fourth-order valence-corrected chi connectivity index (χ4v) is 2.28. The number of benzene rings is 1. The second kappa shape index (κ2) is 6.16. The SMILES string of the molecule is COc1ccc(CCN2CCC(O)CC2)c(F)c1. The molecule has 1 aliphatic rings. The molecule has 0 unspecified atom stereocenters. The molecule has 2 rings (SSSR count). The average molecular weight is 253 g/mol. The third-order valence-electron chi connectivity index (χ3n) is 3.51. The Hall–Kier alpha value is -1.13. The van der Waals surface area contributed by atoms with Gasteiger partial charge in [-0.1, -0.05) is 6.07 Å². The van der Waals surface area contributed by atoms with Crippen LogP contribution in [0.5, 0.6) is 5.75 Å². The van der Waals surface area contributed by atoms with Gasteiger partial charge in [0, 0.05) is 25.7 Å². The van der Waals surface area contributed by atoms with Gasteiger partial charge >= 0.3 is 0 Å². The summed E-state index contributed by atoms with van der Waals surface area (Å²) in [5.74, 6) is 0.351. The number of rotatable bonds is 4. The van der Waals surface area contributed by atoms with E-state index < -0.39 is 0 Å². The van der Waals surface area contributed by atoms with Crippen LogP contribution in [0.4, 0.5) is 4.39 Å². The molecule has 1 heterocycles. The van der Waals surface area contributed by atoms with Crippen molar-refractivity contribution in [2.75, 3.05) is 26.7 Å². The summed E-state index contributed by atoms with van der Waals surface area (Å²) >= 11 is 0. The molecule has 1 fully saturated rings. The summed E-state index contributed by atoms with van der Waals surface area (Å²) in [4.78, 5) is 2.27. The Morgan fingerprint density at radius 3 is 2.72 bits per heavy atom. The monoisotopic (exact) mass is 253 g/mol. The Morgan fingerprint density at radius 1 is 1.39 bits per heavy atom. The van der Waals surface area contributed by atoms with E-state index in [0.29, 0.717) is 12.2 Å². The van der Waals surface area contributed by atoms with Gasteiger partial charge in [-0.15, -0.1) is 0 Å². The minimum Gasteiger partial charge on any atom is -0.497 e. The molecule has 1 N–H and O–H groups in total. The van der Waals surface area contributed by atoms with Gasteiger partial charge in [0.05, 0.1) is 13.2 Å². The summed E-state index contributed by atoms with van der Waals surface area (Å²) < 4.78 is 18.7. The maximum absolute atomic E-state index is 13.7. The van der Waals surface area contributed by atoms with Gasteiger partial charge in [0.25, 0.3) is 0 Å². The molecule has 3 nitrogen and oxygen atoms in total. The summed E-state index contributed by atoms with van der Waals surface area (Å²) in [7, 11) is 1.54. The minimum absolute atomic E-state index is 0.154. The van der Waals surface area contributed by atoms with Crippen LogP contribution < -0.4 is 4.74 Å². The van der Waals surface area contributed by atoms with E-state index >= 15 is 0 Å². The van der Waals surface area contributed by atoms with Gasteiger partial charge < -0.3 is 14.7 Å². The second-order valence-corrected chi connectivity index (χ2v) is 4.78. The maximum atomic E-state index is 13.7. The number of hydrogen-bond acceptors (Lipinski definition) is 3. The van der Waals surface area contributed by atoms with Crippen LogP contribution >= 0.6 is 0 Å². The lowest BCUT2D eigenvalue weighted by atomic mass is 10.1. The van der Waals surface area contributed by atoms with Crippen LogP contribution in [0.3, 0.4) is 0 Å². The highest BCUT2D eigenvalue weighted by Crippen LogP contribution is 2.17. The molecule has 0 atom stereocenters. The van der Waals surface area contributed by atoms with Crippen molar-refractivity contribution in [2.24, 2.45) is 0 Å². The maximum Gasteiger partial charge on any atom is 0.130 e. The van der Waals surface area contributed by atoms with Crippen molar-refractivity contribution in [3.05, 3.63) is 29.6 Å². The normalized spacial score (nSPS) is 17.9. The van der Waals surface area contributed by atoms with Gasteiger partial charge in [0.1, 0.15) is 11.6 Å². The molecular weight excluding hydrogens is 233 g/mol. The quantitative estimate of drug-likeness (QED) is 0.888. The van der Waals surface area contributed by atoms with Crippen LogP contribution in [-0.4, -0.2) is 42.9 Å². The standard InChI is InChI=1S/C14H20FNO2/c1-18-13-3-2-11(14(15)10-13)4-7-16-8-5-12(17)6-9-16/h2-3,10,12,17H,4-9H2,1H3. The van der Waals surface area contributed by atoms with Crippen molar-refractivity contribution in [1.82, 2.24) is 4.90 Å². The van der Waals surface area contributed by atoms with E-state index in [2.05, 4.69) is 4.90 Å². The fraction of sp³-hybridized carbons (Fsp3) is 0.571. The zero-order valence-corrected chi connectivity index (χ0v) is 10.7. The zero-order chi connectivity index (χ0) is 13.0. The molecule has 100 valence electrons. The number of piperidine rings is 1. The molecule has 0 bridgehead atoms. The first-order valence-electron chi connectivity index (χ1n) is 6.42. The molecule has 1 aromatic carbocycles. The van der Waals surface area contributed by atoms with E-state index in [1.54, 1.807) is 12.1 Å². The molecule has 0 spiro atoms. The number of likely N-dealkylation sites (tertiary alicyclic amines) is 1. The molecule has 0 radical (unpaired) electrons. The number of aliphatic hydroxyl groups is 1. The number of methoxy groups -OCH3 is 1. The molecule has 0 aromatic heterocycles. The Balaban J connectivity index is 1.86. The molecule has 18 heavy (non-hydrogen) atoms. The van der Waals surface area contributed by atoms with E-state index in [0.717, 1.165) is 38.0 Å². The smallest absolute Gasteiger partial charge is 0.130 e. The number of halogens is 1. The Morgan fingerprint density at radius 2 is 2.11 bits per heavy atom. The summed E-state index contributed by atoms with van der Waals surface area (Å²) in [6.45, 7) is 2.65. The predicted molar refractivity (Wildman–Crippen MR) is 68.3 cm³/mol. The minimum atomic E-state index is -0.202. The van der Waals surface area contributed by atoms with Crippen molar-refractivity contribution in [1.29, 1.82) is 0 Å². The van der Waals surface area contributed by atoms with E-state index in [9.17, 15) is 9.50 Å². The third-order valence-corrected chi connectivity index (χ3v) is 3.51. The van der Waals surface area contributed by atoms with Crippen LogP contribution in [0.15, 0.2) is 18.2 Å². The molecule has 1 saturated heterocycles. The van der Waals surface area contributed by atoms with Gasteiger partial charge in [-0.2, -0.15) is 0 Å². The molecule has 1 aromatic rings. The molecule has 0 saturated carbocycles. The van der Waals surface area contributed by atoms with Crippen molar-refractivity contribution in [2.45, 2.75) is 25.4 Å². The number of ether oxygens (including phenoxy) is 1. The van der Waals surface area contributed by atoms with Crippen LogP contribution in [-0.2, 0) is 6.42 Å². The van der Waals surface area contributed by atoms with Crippen molar-refractivity contribution >= 4 is 0 Å². The zero-order valence-electron chi connectivity index (χ0n) is 10.7. The van der Waals surface area contributed by atoms with E-state index in [-0.39, 0.29) is 11.9 Å². The highest BCUT2D eigenvalue weighted by atomic mass is 19.1. The number of aliphatic hydroxyl groups excluding tert-OH is 1. The van der Waals surface area contributed by atoms with Crippen LogP contribution in [0.1, 0.15) is 18.4 Å². The van der Waals surface area contributed by atoms with Gasteiger partial charge in [-0.25, -0.2) is 4.39 Å². The first-order chi connectivity index (χ1) is 8.69. The van der Waals surface area contributed by atoms with Crippen LogP contribution in [0.2, 0.25) is 0 Å². The average Bonchev–Trinajstić information content (AvgIpc) is 2.39. The molecular formula is C14H20FNO2. The number of nitrogens with zero attached hydrogens (tertiary/aromatic N) is 1. The summed E-state index contributed by atoms with van der Waals surface area (Å²) in [5, 5.41) is 9.41. The predicted octanol–water partition coefficient (Wildman–Crippen LogP) is 1.83. The highest BCUT2D eigenvalue weighted by Gasteiger charge is 2.16. The Kier molecular flexibility index (Phi) is 4.55. The second-order valence-electron chi connectivity index (χ2n) is 4.78. The Bertz CT molecular complexity index is 389. The lowest BCUT2D eigenvalue weighted by Gasteiger charge is -2.29. The summed E-state index contributed by atoms with van der Waals surface area (Å²) in [6, 6.07) is 5.00. The first-order valence-corrected chi connectivity index (χ1v) is 6.42. The summed E-state index contributed by atoms with van der Waals surface area (Å²) in [6.07, 6.45) is 2.20. The molecule has 0 amide bonds. The van der Waals surface area contributed by atoms with Gasteiger partial charge in [-0.3, -0.25) is 0 Å². The van der Waals surface area contributed by atoms with Crippen LogP contribution in [0.25, 0.3) is 0 Å². The molecule has 1 aliphatic heterocycles. The van der Waals surface area contributed by atoms with E-state index in [1.165, 1.54) is 13.2 Å². The first kappa shape index (κ1) is 13.3. The van der Waals surface area contributed by atoms with Gasteiger partial charge in [0.2, 0.25) is 0 Å². The van der Waals surface area contributed by atoms with Crippen LogP contribution in [0, 0.1) is 5.82 Å². The largest absolute Gasteiger partial charge is 0.497 e. The van der Waals surface area contributed by atoms with E-state index in [4.69, 9.17) is 4.74 Å². The molecule has 0 aliphatic carbocycles. The van der Waals surface area contributed by atoms with Crippen molar-refractivity contribution in [3.63, 3.8) is 0 Å². The summed E-state index contributed by atoms with van der Waals surface area (Å²) in [5.41, 5.74) is 0.724. The highest BCUT2D eigenvalue weighted by molar-refractivity contribution is 5.29. The Labute approximate surface area is 107 Å². The number of hydrogen-bond donors (Lipinski definition) is 1. The lowest BCUT2D eigenvalue weighted by molar-refractivity contribution is 0.0831. The third kappa shape index (κ3) is 3.43. The fourth-order valence-electron chi connectivity index (χ4n) is 2.28. The van der Waals surface area contributed by atoms with Crippen molar-refractivity contribution in [3.8, 4) is 5.75 Å². The van der Waals surface area contributed by atoms with E-state index in [1.807, 2.05) is 0 Å². The molecule has 4 heteroatoms. The lowest BCUT2D eigenvalue weighted by Crippen LogP contribution is -2.37. The van der Waals surface area contributed by atoms with Gasteiger partial charge in [0.15, 0.2) is 0 Å². The van der Waals surface area contributed by atoms with Gasteiger partial charge in [-0.05, 0) is 30.9 Å². The van der Waals surface area contributed by atoms with Crippen molar-refractivity contribution < 1.29 is 14.2 Å². The topological polar surface area (TPSA) is 32.7 Å².